The Morgan fingerprint density at radius 2 is 1.69 bits per heavy atom. The van der Waals surface area contributed by atoms with Gasteiger partial charge < -0.3 is 5.11 Å². The maximum absolute atomic E-state index is 10.5. The average Bonchev–Trinajstić information content (AvgIpc) is 2.98. The lowest BCUT2D eigenvalue weighted by molar-refractivity contribution is 0.159. The molecule has 0 heterocycles. The molecule has 0 aliphatic heterocycles. The van der Waals surface area contributed by atoms with Gasteiger partial charge in [-0.2, -0.15) is 0 Å². The summed E-state index contributed by atoms with van der Waals surface area (Å²) in [6.45, 7) is 0. The highest BCUT2D eigenvalue weighted by molar-refractivity contribution is 9.10. The van der Waals surface area contributed by atoms with E-state index in [-0.39, 0.29) is 10.4 Å². The maximum Gasteiger partial charge on any atom is 0.0948 e. The Labute approximate surface area is 105 Å². The molecule has 2 fully saturated rings. The first-order valence-corrected chi connectivity index (χ1v) is 6.96. The molecule has 3 rings (SSSR count). The minimum absolute atomic E-state index is 0.0230. The fraction of sp³-hybridized carbons (Fsp3) is 0.571. The monoisotopic (exact) mass is 280 g/mol. The summed E-state index contributed by atoms with van der Waals surface area (Å²) >= 11 is 3.84. The molecule has 0 radical (unpaired) electrons. The summed E-state index contributed by atoms with van der Waals surface area (Å²) in [7, 11) is 0. The van der Waals surface area contributed by atoms with Crippen molar-refractivity contribution in [2.75, 3.05) is 0 Å². The van der Waals surface area contributed by atoms with Crippen LogP contribution >= 0.6 is 15.9 Å². The van der Waals surface area contributed by atoms with E-state index in [1.807, 2.05) is 30.3 Å². The third-order valence-corrected chi connectivity index (χ3v) is 5.94. The van der Waals surface area contributed by atoms with Gasteiger partial charge in [0.1, 0.15) is 0 Å². The number of aliphatic hydroxyl groups is 1. The minimum atomic E-state index is -0.346. The first-order chi connectivity index (χ1) is 7.74. The van der Waals surface area contributed by atoms with E-state index < -0.39 is 0 Å². The molecule has 2 aliphatic carbocycles. The molecule has 0 amide bonds. The van der Waals surface area contributed by atoms with Crippen LogP contribution in [0.15, 0.2) is 30.3 Å². The second kappa shape index (κ2) is 3.85. The highest BCUT2D eigenvalue weighted by atomic mass is 79.9. The van der Waals surface area contributed by atoms with Crippen LogP contribution < -0.4 is 0 Å². The molecule has 0 unspecified atom stereocenters. The van der Waals surface area contributed by atoms with E-state index in [9.17, 15) is 5.11 Å². The van der Waals surface area contributed by atoms with Crippen LogP contribution in [0.3, 0.4) is 0 Å². The zero-order valence-electron chi connectivity index (χ0n) is 9.27. The molecule has 1 aromatic rings. The van der Waals surface area contributed by atoms with E-state index in [2.05, 4.69) is 15.9 Å². The summed E-state index contributed by atoms with van der Waals surface area (Å²) in [6, 6.07) is 10.1. The lowest BCUT2D eigenvalue weighted by atomic mass is 10.0. The van der Waals surface area contributed by atoms with Crippen molar-refractivity contribution in [1.82, 2.24) is 0 Å². The van der Waals surface area contributed by atoms with E-state index >= 15 is 0 Å². The highest BCUT2D eigenvalue weighted by Crippen LogP contribution is 2.68. The van der Waals surface area contributed by atoms with Crippen molar-refractivity contribution in [2.45, 2.75) is 36.1 Å². The van der Waals surface area contributed by atoms with Crippen molar-refractivity contribution in [2.24, 2.45) is 11.8 Å². The average molecular weight is 281 g/mol. The molecule has 86 valence electrons. The molecule has 1 N–H and O–H groups in total. The Hall–Kier alpha value is -0.340. The molecule has 0 spiro atoms. The fourth-order valence-electron chi connectivity index (χ4n) is 3.39. The number of alkyl halides is 1. The van der Waals surface area contributed by atoms with Crippen LogP contribution in [-0.4, -0.2) is 9.43 Å². The van der Waals surface area contributed by atoms with Crippen LogP contribution in [0.25, 0.3) is 0 Å². The van der Waals surface area contributed by atoms with Crippen LogP contribution in [0.2, 0.25) is 0 Å². The van der Waals surface area contributed by atoms with Crippen molar-refractivity contribution in [1.29, 1.82) is 0 Å². The standard InChI is InChI=1S/C14H17BrO/c15-14(11-8-4-5-9-12(11)14)13(16)10-6-2-1-3-7-10/h1-3,6-7,11-13,16H,4-5,8-9H2/t11-,12-,13-/m1/s1. The Bertz CT molecular complexity index is 364. The summed E-state index contributed by atoms with van der Waals surface area (Å²) in [6.07, 6.45) is 4.87. The van der Waals surface area contributed by atoms with Crippen molar-refractivity contribution in [3.8, 4) is 0 Å². The minimum Gasteiger partial charge on any atom is -0.387 e. The van der Waals surface area contributed by atoms with Crippen molar-refractivity contribution in [3.05, 3.63) is 35.9 Å². The largest absolute Gasteiger partial charge is 0.387 e. The molecule has 3 atom stereocenters. The van der Waals surface area contributed by atoms with Crippen LogP contribution in [0.1, 0.15) is 37.4 Å². The van der Waals surface area contributed by atoms with Gasteiger partial charge in [0.15, 0.2) is 0 Å². The van der Waals surface area contributed by atoms with E-state index in [0.717, 1.165) is 5.56 Å². The van der Waals surface area contributed by atoms with Gasteiger partial charge in [-0.3, -0.25) is 0 Å². The smallest absolute Gasteiger partial charge is 0.0948 e. The molecular formula is C14H17BrO. The molecule has 2 saturated carbocycles. The normalized spacial score (nSPS) is 38.9. The molecule has 1 aromatic carbocycles. The van der Waals surface area contributed by atoms with E-state index in [0.29, 0.717) is 11.8 Å². The van der Waals surface area contributed by atoms with Gasteiger partial charge in [0, 0.05) is 0 Å². The summed E-state index contributed by atoms with van der Waals surface area (Å²) in [5, 5.41) is 10.5. The van der Waals surface area contributed by atoms with Crippen LogP contribution in [0, 0.1) is 11.8 Å². The van der Waals surface area contributed by atoms with Crippen molar-refractivity contribution < 1.29 is 5.11 Å². The number of hydrogen-bond donors (Lipinski definition) is 1. The predicted molar refractivity (Wildman–Crippen MR) is 68.5 cm³/mol. The van der Waals surface area contributed by atoms with Gasteiger partial charge in [-0.05, 0) is 30.2 Å². The van der Waals surface area contributed by atoms with Gasteiger partial charge in [0.05, 0.1) is 10.4 Å². The maximum atomic E-state index is 10.5. The zero-order valence-corrected chi connectivity index (χ0v) is 10.9. The van der Waals surface area contributed by atoms with Crippen LogP contribution in [0.4, 0.5) is 0 Å². The number of benzene rings is 1. The summed E-state index contributed by atoms with van der Waals surface area (Å²) in [4.78, 5) is 0. The van der Waals surface area contributed by atoms with Crippen LogP contribution in [-0.2, 0) is 0 Å². The summed E-state index contributed by atoms with van der Waals surface area (Å²) in [5.41, 5.74) is 1.05. The van der Waals surface area contributed by atoms with E-state index in [1.54, 1.807) is 0 Å². The Balaban J connectivity index is 1.83. The molecule has 0 bridgehead atoms. The number of aliphatic hydroxyl groups excluding tert-OH is 1. The third-order valence-electron chi connectivity index (χ3n) is 4.33. The van der Waals surface area contributed by atoms with Crippen molar-refractivity contribution >= 4 is 15.9 Å². The number of rotatable bonds is 2. The lowest BCUT2D eigenvalue weighted by Crippen LogP contribution is -2.17. The molecule has 1 nitrogen and oxygen atoms in total. The Morgan fingerprint density at radius 3 is 2.25 bits per heavy atom. The van der Waals surface area contributed by atoms with E-state index in [4.69, 9.17) is 0 Å². The number of fused-ring (bicyclic) bond motifs is 1. The second-order valence-corrected chi connectivity index (χ2v) is 6.51. The zero-order chi connectivity index (χ0) is 11.2. The first-order valence-electron chi connectivity index (χ1n) is 6.16. The molecular weight excluding hydrogens is 264 g/mol. The second-order valence-electron chi connectivity index (χ2n) is 5.14. The van der Waals surface area contributed by atoms with Crippen molar-refractivity contribution in [3.63, 3.8) is 0 Å². The Kier molecular flexibility index (Phi) is 2.60. The molecule has 16 heavy (non-hydrogen) atoms. The highest BCUT2D eigenvalue weighted by Gasteiger charge is 2.66. The first kappa shape index (κ1) is 10.8. The summed E-state index contributed by atoms with van der Waals surface area (Å²) < 4.78 is -0.0230. The quantitative estimate of drug-likeness (QED) is 0.820. The number of halogens is 1. The molecule has 0 aromatic heterocycles. The fourth-order valence-corrected chi connectivity index (χ4v) is 4.62. The van der Waals surface area contributed by atoms with Gasteiger partial charge in [-0.1, -0.05) is 59.1 Å². The SMILES string of the molecule is O[C@H](c1ccccc1)C1(Br)[C@@H]2CCCC[C@H]21. The molecule has 0 saturated heterocycles. The van der Waals surface area contributed by atoms with Crippen LogP contribution in [0.5, 0.6) is 0 Å². The molecule has 2 aliphatic rings. The van der Waals surface area contributed by atoms with Gasteiger partial charge in [-0.15, -0.1) is 0 Å². The topological polar surface area (TPSA) is 20.2 Å². The Morgan fingerprint density at radius 1 is 1.12 bits per heavy atom. The third kappa shape index (κ3) is 1.46. The number of hydrogen-bond acceptors (Lipinski definition) is 1. The van der Waals surface area contributed by atoms with Gasteiger partial charge in [0.25, 0.3) is 0 Å². The van der Waals surface area contributed by atoms with Gasteiger partial charge in [0.2, 0.25) is 0 Å². The van der Waals surface area contributed by atoms with Gasteiger partial charge >= 0.3 is 0 Å². The lowest BCUT2D eigenvalue weighted by Gasteiger charge is -2.18. The van der Waals surface area contributed by atoms with Gasteiger partial charge in [-0.25, -0.2) is 0 Å². The predicted octanol–water partition coefficient (Wildman–Crippen LogP) is 3.67. The summed E-state index contributed by atoms with van der Waals surface area (Å²) in [5.74, 6) is 1.38. The van der Waals surface area contributed by atoms with E-state index in [1.165, 1.54) is 25.7 Å². The molecule has 2 heteroatoms.